The predicted octanol–water partition coefficient (Wildman–Crippen LogP) is 13.3. The number of hydrogen-bond donors (Lipinski definition) is 0. The highest BCUT2D eigenvalue weighted by Crippen LogP contribution is 2.43. The first-order valence-corrected chi connectivity index (χ1v) is 24.8. The van der Waals surface area contributed by atoms with E-state index in [1.165, 1.54) is 101 Å². The van der Waals surface area contributed by atoms with E-state index in [0.717, 1.165) is 5.69 Å². The van der Waals surface area contributed by atoms with Gasteiger partial charge in [0.2, 0.25) is 0 Å². The van der Waals surface area contributed by atoms with Gasteiger partial charge < -0.3 is 9.13 Å². The van der Waals surface area contributed by atoms with Crippen LogP contribution in [-0.4, -0.2) is 17.2 Å². The molecule has 0 fully saturated rings. The molecule has 3 aromatic heterocycles. The van der Waals surface area contributed by atoms with Crippen molar-refractivity contribution in [1.82, 2.24) is 9.13 Å². The van der Waals surface area contributed by atoms with Crippen LogP contribution in [0.15, 0.2) is 243 Å². The number of rotatable bonds is 7. The summed E-state index contributed by atoms with van der Waals surface area (Å²) in [5, 5.41) is 13.1. The van der Waals surface area contributed by atoms with Gasteiger partial charge in [-0.15, -0.1) is 11.3 Å². The maximum absolute atomic E-state index is 2.67. The summed E-state index contributed by atoms with van der Waals surface area (Å²) in [4.78, 5) is 0. The summed E-state index contributed by atoms with van der Waals surface area (Å²) in [5.74, 6) is 0. The maximum atomic E-state index is 2.50. The van der Waals surface area contributed by atoms with Crippen molar-refractivity contribution in [1.29, 1.82) is 0 Å². The van der Waals surface area contributed by atoms with E-state index in [1.807, 2.05) is 11.3 Å². The first kappa shape index (κ1) is 36.9. The second kappa shape index (κ2) is 14.7. The Kier molecular flexibility index (Phi) is 8.45. The summed E-state index contributed by atoms with van der Waals surface area (Å²) in [5.41, 5.74) is 9.61. The van der Waals surface area contributed by atoms with Gasteiger partial charge in [-0.3, -0.25) is 0 Å². The molecule has 64 heavy (non-hydrogen) atoms. The molecule has 2 nitrogen and oxygen atoms in total. The van der Waals surface area contributed by atoms with Crippen molar-refractivity contribution in [2.75, 3.05) is 0 Å². The molecule has 3 heterocycles. The zero-order valence-corrected chi connectivity index (χ0v) is 36.7. The van der Waals surface area contributed by atoms with E-state index >= 15 is 0 Å². The Morgan fingerprint density at radius 3 is 1.52 bits per heavy atom. The third kappa shape index (κ3) is 5.43. The molecule has 4 heteroatoms. The second-order valence-electron chi connectivity index (χ2n) is 16.8. The third-order valence-corrected chi connectivity index (χ3v) is 19.4. The Hall–Kier alpha value is -7.76. The molecule has 13 aromatic rings. The summed E-state index contributed by atoms with van der Waals surface area (Å²) < 4.78 is 7.61. The van der Waals surface area contributed by atoms with E-state index in [2.05, 4.69) is 252 Å². The van der Waals surface area contributed by atoms with Crippen molar-refractivity contribution in [3.05, 3.63) is 243 Å². The van der Waals surface area contributed by atoms with Gasteiger partial charge in [-0.25, -0.2) is 0 Å². The smallest absolute Gasteiger partial charge is 0.179 e. The molecule has 0 amide bonds. The van der Waals surface area contributed by atoms with Gasteiger partial charge in [0.15, 0.2) is 8.07 Å². The Morgan fingerprint density at radius 1 is 0.312 bits per heavy atom. The molecule has 300 valence electrons. The molecule has 0 aliphatic rings. The van der Waals surface area contributed by atoms with Crippen molar-refractivity contribution in [2.24, 2.45) is 0 Å². The lowest BCUT2D eigenvalue weighted by Crippen LogP contribution is -2.74. The molecule has 10 aromatic carbocycles. The number of thiophene rings is 1. The number of hydrogen-bond acceptors (Lipinski definition) is 1. The van der Waals surface area contributed by atoms with Crippen LogP contribution in [0.4, 0.5) is 0 Å². The predicted molar refractivity (Wildman–Crippen MR) is 277 cm³/mol. The molecule has 0 N–H and O–H groups in total. The average molecular weight is 849 g/mol. The van der Waals surface area contributed by atoms with E-state index < -0.39 is 8.07 Å². The molecule has 0 saturated carbocycles. The van der Waals surface area contributed by atoms with Crippen LogP contribution in [-0.2, 0) is 0 Å². The van der Waals surface area contributed by atoms with Gasteiger partial charge in [0.25, 0.3) is 0 Å². The summed E-state index contributed by atoms with van der Waals surface area (Å²) in [6.45, 7) is 0. The SMILES string of the molecule is c1ccc([Si](c2ccccc2)(c2ccccc2)c2ccc(-n3c4ccccc4c4c(-n5c6ccccc6c6cc(-c7cccc8sc9ccccc9c78)ccc65)cccc43)cc2)cc1. The molecule has 13 rings (SSSR count). The van der Waals surface area contributed by atoms with Gasteiger partial charge in [-0.05, 0) is 92.5 Å². The minimum atomic E-state index is -2.67. The standard InChI is InChI=1S/C60H40N2SSi/c1-4-18-43(19-5-1)64(44-20-6-2-7-21-44,45-22-8-3-9-23-45)46-37-35-42(36-38-46)61-53-29-14-11-25-49(53)60-55(61)30-17-31-56(60)62-52-28-13-10-24-48(52)51-40-41(34-39-54(51)62)47-27-16-33-58-59(47)50-26-12-15-32-57(50)63-58/h1-40H. The topological polar surface area (TPSA) is 9.86 Å². The van der Waals surface area contributed by atoms with Gasteiger partial charge in [0.05, 0.1) is 27.8 Å². The van der Waals surface area contributed by atoms with E-state index in [4.69, 9.17) is 0 Å². The molecular formula is C60H40N2SSi. The van der Waals surface area contributed by atoms with Crippen molar-refractivity contribution in [3.8, 4) is 22.5 Å². The lowest BCUT2D eigenvalue weighted by Gasteiger charge is -2.34. The number of aromatic nitrogens is 2. The fraction of sp³-hybridized carbons (Fsp3) is 0. The first-order chi connectivity index (χ1) is 31.8. The molecule has 0 unspecified atom stereocenters. The molecular weight excluding hydrogens is 809 g/mol. The Morgan fingerprint density at radius 2 is 0.828 bits per heavy atom. The van der Waals surface area contributed by atoms with Gasteiger partial charge in [-0.2, -0.15) is 0 Å². The van der Waals surface area contributed by atoms with Crippen LogP contribution in [0.25, 0.3) is 86.3 Å². The summed E-state index contributed by atoms with van der Waals surface area (Å²) in [6.07, 6.45) is 0. The minimum Gasteiger partial charge on any atom is -0.309 e. The highest BCUT2D eigenvalue weighted by atomic mass is 32.1. The normalized spacial score (nSPS) is 12.1. The lowest BCUT2D eigenvalue weighted by atomic mass is 9.98. The Labute approximate surface area is 376 Å². The zero-order chi connectivity index (χ0) is 42.2. The first-order valence-electron chi connectivity index (χ1n) is 22.0. The molecule has 0 radical (unpaired) electrons. The van der Waals surface area contributed by atoms with Crippen LogP contribution in [0.5, 0.6) is 0 Å². The molecule has 0 aliphatic carbocycles. The molecule has 0 atom stereocenters. The fourth-order valence-corrected chi connectivity index (χ4v) is 16.7. The van der Waals surface area contributed by atoms with Crippen LogP contribution >= 0.6 is 11.3 Å². The van der Waals surface area contributed by atoms with Crippen LogP contribution in [0.2, 0.25) is 0 Å². The fourth-order valence-electron chi connectivity index (χ4n) is 10.8. The van der Waals surface area contributed by atoms with Gasteiger partial charge in [0, 0.05) is 47.4 Å². The summed E-state index contributed by atoms with van der Waals surface area (Å²) >= 11 is 1.87. The van der Waals surface area contributed by atoms with Crippen LogP contribution in [0.1, 0.15) is 0 Å². The maximum Gasteiger partial charge on any atom is 0.179 e. The van der Waals surface area contributed by atoms with E-state index in [-0.39, 0.29) is 0 Å². The largest absolute Gasteiger partial charge is 0.309 e. The zero-order valence-electron chi connectivity index (χ0n) is 34.9. The quantitative estimate of drug-likeness (QED) is 0.112. The summed E-state index contributed by atoms with van der Waals surface area (Å²) in [6, 6.07) is 90.3. The lowest BCUT2D eigenvalue weighted by molar-refractivity contribution is 1.17. The average Bonchev–Trinajstić information content (AvgIpc) is 4.03. The number of para-hydroxylation sites is 2. The van der Waals surface area contributed by atoms with Crippen LogP contribution < -0.4 is 20.7 Å². The number of fused-ring (bicyclic) bond motifs is 9. The van der Waals surface area contributed by atoms with Gasteiger partial charge >= 0.3 is 0 Å². The minimum absolute atomic E-state index is 1.14. The Balaban J connectivity index is 1.01. The van der Waals surface area contributed by atoms with Crippen molar-refractivity contribution in [2.45, 2.75) is 0 Å². The van der Waals surface area contributed by atoms with Crippen molar-refractivity contribution >= 4 is 104 Å². The van der Waals surface area contributed by atoms with Gasteiger partial charge in [0.1, 0.15) is 0 Å². The highest BCUT2D eigenvalue weighted by molar-refractivity contribution is 7.26. The molecule has 0 spiro atoms. The van der Waals surface area contributed by atoms with Crippen molar-refractivity contribution < 1.29 is 0 Å². The van der Waals surface area contributed by atoms with Crippen molar-refractivity contribution in [3.63, 3.8) is 0 Å². The van der Waals surface area contributed by atoms with Gasteiger partial charge in [-0.1, -0.05) is 182 Å². The van der Waals surface area contributed by atoms with E-state index in [9.17, 15) is 0 Å². The number of benzene rings is 10. The molecule has 0 saturated heterocycles. The number of nitrogens with zero attached hydrogens (tertiary/aromatic N) is 2. The van der Waals surface area contributed by atoms with E-state index in [0.29, 0.717) is 0 Å². The second-order valence-corrected chi connectivity index (χ2v) is 21.7. The highest BCUT2D eigenvalue weighted by Gasteiger charge is 2.41. The monoisotopic (exact) mass is 848 g/mol. The van der Waals surface area contributed by atoms with Crippen LogP contribution in [0.3, 0.4) is 0 Å². The summed E-state index contributed by atoms with van der Waals surface area (Å²) in [7, 11) is -2.67. The van der Waals surface area contributed by atoms with E-state index in [1.54, 1.807) is 0 Å². The third-order valence-electron chi connectivity index (χ3n) is 13.5. The van der Waals surface area contributed by atoms with Crippen LogP contribution in [0, 0.1) is 0 Å². The molecule has 0 bridgehead atoms. The molecule has 0 aliphatic heterocycles. The Bertz CT molecular complexity index is 3790.